The highest BCUT2D eigenvalue weighted by Crippen LogP contribution is 2.15. The average molecular weight is 306 g/mol. The summed E-state index contributed by atoms with van der Waals surface area (Å²) in [6, 6.07) is 10.3. The highest BCUT2D eigenvalue weighted by atomic mass is 28.3. The first-order valence-corrected chi connectivity index (χ1v) is 10.8. The molecule has 0 aliphatic carbocycles. The molecule has 0 aliphatic rings. The molecule has 0 bridgehead atoms. The molecule has 2 aromatic heterocycles. The smallest absolute Gasteiger partial charge is 0.182 e. The van der Waals surface area contributed by atoms with E-state index in [0.29, 0.717) is 5.65 Å². The standard InChI is InChI=1S/C17H18N4Si/c1-22(2,3)10-9-15-16-17(19-12-18-15)20-13-21(16)11-14-7-5-4-6-8-14/h4-8,12-13H,11H2,1-3H3. The van der Waals surface area contributed by atoms with Crippen LogP contribution in [-0.4, -0.2) is 27.6 Å². The van der Waals surface area contributed by atoms with E-state index in [1.165, 1.54) is 11.9 Å². The number of nitrogens with zero attached hydrogens (tertiary/aromatic N) is 4. The molecule has 0 spiro atoms. The van der Waals surface area contributed by atoms with Gasteiger partial charge >= 0.3 is 0 Å². The maximum atomic E-state index is 4.38. The number of fused-ring (bicyclic) bond motifs is 1. The van der Waals surface area contributed by atoms with Gasteiger partial charge in [-0.1, -0.05) is 55.9 Å². The number of hydrogen-bond donors (Lipinski definition) is 0. The van der Waals surface area contributed by atoms with Crippen molar-refractivity contribution in [2.45, 2.75) is 26.2 Å². The van der Waals surface area contributed by atoms with E-state index < -0.39 is 8.07 Å². The molecule has 0 saturated carbocycles. The first-order chi connectivity index (χ1) is 10.5. The molecular weight excluding hydrogens is 288 g/mol. The molecule has 4 nitrogen and oxygen atoms in total. The third kappa shape index (κ3) is 3.23. The molecule has 0 atom stereocenters. The Bertz CT molecular complexity index is 851. The van der Waals surface area contributed by atoms with Crippen LogP contribution in [-0.2, 0) is 6.54 Å². The number of rotatable bonds is 2. The van der Waals surface area contributed by atoms with Crippen molar-refractivity contribution in [2.75, 3.05) is 0 Å². The minimum Gasteiger partial charge on any atom is -0.322 e. The second-order valence-corrected chi connectivity index (χ2v) is 11.0. The van der Waals surface area contributed by atoms with Gasteiger partial charge in [0.25, 0.3) is 0 Å². The van der Waals surface area contributed by atoms with Gasteiger partial charge in [0, 0.05) is 6.54 Å². The van der Waals surface area contributed by atoms with Crippen molar-refractivity contribution in [1.82, 2.24) is 19.5 Å². The van der Waals surface area contributed by atoms with Gasteiger partial charge in [-0.3, -0.25) is 0 Å². The van der Waals surface area contributed by atoms with E-state index in [1.807, 2.05) is 24.5 Å². The SMILES string of the molecule is C[Si](C)(C)C#Cc1ncnc2ncn(Cc3ccccc3)c12. The Morgan fingerprint density at radius 2 is 1.82 bits per heavy atom. The molecule has 0 radical (unpaired) electrons. The van der Waals surface area contributed by atoms with Crippen molar-refractivity contribution in [3.8, 4) is 11.5 Å². The molecule has 22 heavy (non-hydrogen) atoms. The first-order valence-electron chi connectivity index (χ1n) is 7.26. The van der Waals surface area contributed by atoms with Crippen LogP contribution < -0.4 is 0 Å². The molecule has 5 heteroatoms. The fraction of sp³-hybridized carbons (Fsp3) is 0.235. The number of aromatic nitrogens is 4. The Morgan fingerprint density at radius 1 is 1.05 bits per heavy atom. The monoisotopic (exact) mass is 306 g/mol. The van der Waals surface area contributed by atoms with Crippen molar-refractivity contribution >= 4 is 19.2 Å². The van der Waals surface area contributed by atoms with Gasteiger partial charge < -0.3 is 4.57 Å². The van der Waals surface area contributed by atoms with E-state index in [4.69, 9.17) is 0 Å². The van der Waals surface area contributed by atoms with Crippen LogP contribution in [0.3, 0.4) is 0 Å². The largest absolute Gasteiger partial charge is 0.322 e. The number of hydrogen-bond acceptors (Lipinski definition) is 3. The Hall–Kier alpha value is -2.45. The van der Waals surface area contributed by atoms with Gasteiger partial charge in [0.05, 0.1) is 6.33 Å². The fourth-order valence-electron chi connectivity index (χ4n) is 2.15. The van der Waals surface area contributed by atoms with Crippen LogP contribution >= 0.6 is 0 Å². The highest BCUT2D eigenvalue weighted by Gasteiger charge is 2.11. The fourth-order valence-corrected chi connectivity index (χ4v) is 2.64. The summed E-state index contributed by atoms with van der Waals surface area (Å²) in [5.74, 6) is 3.24. The van der Waals surface area contributed by atoms with Crippen LogP contribution in [0.4, 0.5) is 0 Å². The Kier molecular flexibility index (Phi) is 3.78. The Labute approximate surface area is 131 Å². The molecule has 0 fully saturated rings. The molecule has 2 heterocycles. The van der Waals surface area contributed by atoms with E-state index in [1.54, 1.807) is 0 Å². The summed E-state index contributed by atoms with van der Waals surface area (Å²) in [6.45, 7) is 7.41. The lowest BCUT2D eigenvalue weighted by Crippen LogP contribution is -2.16. The minimum atomic E-state index is -1.45. The van der Waals surface area contributed by atoms with Crippen LogP contribution in [0, 0.1) is 11.5 Å². The van der Waals surface area contributed by atoms with Crippen LogP contribution in [0.15, 0.2) is 43.0 Å². The van der Waals surface area contributed by atoms with Gasteiger partial charge in [-0.2, -0.15) is 0 Å². The molecular formula is C17H18N4Si. The van der Waals surface area contributed by atoms with Gasteiger partial charge in [0.15, 0.2) is 5.65 Å². The molecule has 0 amide bonds. The van der Waals surface area contributed by atoms with E-state index in [2.05, 4.69) is 62.8 Å². The van der Waals surface area contributed by atoms with Crippen LogP contribution in [0.2, 0.25) is 19.6 Å². The molecule has 0 unspecified atom stereocenters. The summed E-state index contributed by atoms with van der Waals surface area (Å²) in [7, 11) is -1.45. The molecule has 3 rings (SSSR count). The highest BCUT2D eigenvalue weighted by molar-refractivity contribution is 6.83. The van der Waals surface area contributed by atoms with Gasteiger partial charge in [-0.25, -0.2) is 15.0 Å². The normalized spacial score (nSPS) is 11.2. The lowest BCUT2D eigenvalue weighted by atomic mass is 10.2. The number of benzene rings is 1. The predicted octanol–water partition coefficient (Wildman–Crippen LogP) is 3.10. The van der Waals surface area contributed by atoms with Crippen molar-refractivity contribution in [3.05, 3.63) is 54.2 Å². The molecule has 110 valence electrons. The van der Waals surface area contributed by atoms with E-state index >= 15 is 0 Å². The first kappa shape index (κ1) is 14.5. The van der Waals surface area contributed by atoms with Gasteiger partial charge in [-0.05, 0) is 5.56 Å². The van der Waals surface area contributed by atoms with E-state index in [9.17, 15) is 0 Å². The van der Waals surface area contributed by atoms with Crippen molar-refractivity contribution in [1.29, 1.82) is 0 Å². The summed E-state index contributed by atoms with van der Waals surface area (Å²) in [4.78, 5) is 13.0. The lowest BCUT2D eigenvalue weighted by Gasteiger charge is -2.06. The van der Waals surface area contributed by atoms with Gasteiger partial charge in [-0.15, -0.1) is 5.54 Å². The maximum absolute atomic E-state index is 4.38. The Morgan fingerprint density at radius 3 is 2.55 bits per heavy atom. The lowest BCUT2D eigenvalue weighted by molar-refractivity contribution is 0.821. The summed E-state index contributed by atoms with van der Waals surface area (Å²) in [6.07, 6.45) is 3.35. The summed E-state index contributed by atoms with van der Waals surface area (Å²) in [5.41, 5.74) is 6.96. The zero-order valence-electron chi connectivity index (χ0n) is 13.0. The molecule has 0 saturated heterocycles. The Balaban J connectivity index is 2.06. The summed E-state index contributed by atoms with van der Waals surface area (Å²) in [5, 5.41) is 0. The van der Waals surface area contributed by atoms with Crippen molar-refractivity contribution in [2.24, 2.45) is 0 Å². The summed E-state index contributed by atoms with van der Waals surface area (Å²) < 4.78 is 2.07. The molecule has 3 aromatic rings. The van der Waals surface area contributed by atoms with Crippen molar-refractivity contribution < 1.29 is 0 Å². The zero-order valence-corrected chi connectivity index (χ0v) is 14.0. The maximum Gasteiger partial charge on any atom is 0.182 e. The second kappa shape index (κ2) is 5.74. The van der Waals surface area contributed by atoms with Gasteiger partial charge in [0.2, 0.25) is 0 Å². The van der Waals surface area contributed by atoms with E-state index in [-0.39, 0.29) is 0 Å². The van der Waals surface area contributed by atoms with Gasteiger partial charge in [0.1, 0.15) is 25.6 Å². The van der Waals surface area contributed by atoms with Crippen LogP contribution in [0.5, 0.6) is 0 Å². The zero-order chi connectivity index (χ0) is 15.6. The molecule has 0 aliphatic heterocycles. The topological polar surface area (TPSA) is 43.6 Å². The molecule has 1 aromatic carbocycles. The second-order valence-electron chi connectivity index (χ2n) is 6.25. The molecule has 0 N–H and O–H groups in total. The minimum absolute atomic E-state index is 0.700. The quantitative estimate of drug-likeness (QED) is 0.540. The van der Waals surface area contributed by atoms with E-state index in [0.717, 1.165) is 17.8 Å². The number of imidazole rings is 1. The van der Waals surface area contributed by atoms with Crippen LogP contribution in [0.25, 0.3) is 11.2 Å². The van der Waals surface area contributed by atoms with Crippen LogP contribution in [0.1, 0.15) is 11.3 Å². The third-order valence-electron chi connectivity index (χ3n) is 3.16. The average Bonchev–Trinajstić information content (AvgIpc) is 2.89. The predicted molar refractivity (Wildman–Crippen MR) is 91.1 cm³/mol. The summed E-state index contributed by atoms with van der Waals surface area (Å²) >= 11 is 0. The van der Waals surface area contributed by atoms with Crippen molar-refractivity contribution in [3.63, 3.8) is 0 Å². The third-order valence-corrected chi connectivity index (χ3v) is 4.04.